The standard InChI is InChI=1S/C25H21N.C7H8O.C3H8/c1-20-12-16-24(17-13-20)26(23-10-6-3-7-11-23)25-18-14-22(15-19-25)21-8-4-2-5-9-21;1-6-2-4-7(8)5-3-6;1-3-2/h2-19H,1H3;2-5,8H,1H3;3H2,1-2H3. The minimum absolute atomic E-state index is 0.329. The predicted octanol–water partition coefficient (Wildman–Crippen LogP) is 10.2. The van der Waals surface area contributed by atoms with E-state index in [0.29, 0.717) is 5.75 Å². The number of aromatic hydroxyl groups is 1. The van der Waals surface area contributed by atoms with Crippen molar-refractivity contribution in [3.63, 3.8) is 0 Å². The van der Waals surface area contributed by atoms with Gasteiger partial charge in [0.2, 0.25) is 0 Å². The summed E-state index contributed by atoms with van der Waals surface area (Å²) in [5.74, 6) is 0.329. The number of anilines is 3. The van der Waals surface area contributed by atoms with Crippen LogP contribution in [-0.2, 0) is 0 Å². The first-order chi connectivity index (χ1) is 18.0. The number of hydrogen-bond acceptors (Lipinski definition) is 2. The maximum absolute atomic E-state index is 8.76. The first kappa shape index (κ1) is 27.3. The fourth-order valence-corrected chi connectivity index (χ4v) is 3.70. The van der Waals surface area contributed by atoms with Gasteiger partial charge in [-0.25, -0.2) is 0 Å². The van der Waals surface area contributed by atoms with Crippen LogP contribution in [0.4, 0.5) is 17.1 Å². The monoisotopic (exact) mass is 487 g/mol. The zero-order chi connectivity index (χ0) is 26.5. The highest BCUT2D eigenvalue weighted by Gasteiger charge is 2.12. The van der Waals surface area contributed by atoms with Crippen LogP contribution in [0.2, 0.25) is 0 Å². The van der Waals surface area contributed by atoms with Crippen LogP contribution in [0.1, 0.15) is 31.4 Å². The van der Waals surface area contributed by atoms with Gasteiger partial charge in [-0.3, -0.25) is 0 Å². The molecule has 0 amide bonds. The Morgan fingerprint density at radius 2 is 0.811 bits per heavy atom. The van der Waals surface area contributed by atoms with E-state index in [1.807, 2.05) is 25.1 Å². The van der Waals surface area contributed by atoms with Gasteiger partial charge in [0.1, 0.15) is 5.75 Å². The van der Waals surface area contributed by atoms with Crippen LogP contribution >= 0.6 is 0 Å². The van der Waals surface area contributed by atoms with Crippen molar-refractivity contribution >= 4 is 17.1 Å². The van der Waals surface area contributed by atoms with Crippen LogP contribution in [0.5, 0.6) is 5.75 Å². The Balaban J connectivity index is 0.000000290. The van der Waals surface area contributed by atoms with Gasteiger partial charge in [-0.15, -0.1) is 0 Å². The van der Waals surface area contributed by atoms with E-state index in [-0.39, 0.29) is 0 Å². The molecule has 2 heteroatoms. The van der Waals surface area contributed by atoms with Gasteiger partial charge in [0.15, 0.2) is 0 Å². The molecular formula is C35H37NO. The van der Waals surface area contributed by atoms with E-state index in [0.717, 1.165) is 17.1 Å². The van der Waals surface area contributed by atoms with Crippen molar-refractivity contribution in [2.24, 2.45) is 0 Å². The maximum atomic E-state index is 8.76. The van der Waals surface area contributed by atoms with Gasteiger partial charge >= 0.3 is 0 Å². The third kappa shape index (κ3) is 8.40. The van der Waals surface area contributed by atoms with E-state index >= 15 is 0 Å². The van der Waals surface area contributed by atoms with Crippen LogP contribution in [0, 0.1) is 13.8 Å². The molecule has 0 saturated heterocycles. The normalized spacial score (nSPS) is 9.84. The van der Waals surface area contributed by atoms with Crippen molar-refractivity contribution in [1.29, 1.82) is 0 Å². The summed E-state index contributed by atoms with van der Waals surface area (Å²) < 4.78 is 0. The topological polar surface area (TPSA) is 23.5 Å². The molecule has 5 aromatic carbocycles. The molecule has 0 fully saturated rings. The number of benzene rings is 5. The number of rotatable bonds is 4. The van der Waals surface area contributed by atoms with Gasteiger partial charge in [0, 0.05) is 17.1 Å². The smallest absolute Gasteiger partial charge is 0.115 e. The number of nitrogens with zero attached hydrogens (tertiary/aromatic N) is 1. The molecule has 2 nitrogen and oxygen atoms in total. The average Bonchev–Trinajstić information content (AvgIpc) is 2.94. The molecule has 1 N–H and O–H groups in total. The second-order valence-electron chi connectivity index (χ2n) is 8.96. The molecule has 5 aromatic rings. The molecule has 0 aliphatic rings. The van der Waals surface area contributed by atoms with Gasteiger partial charge in [-0.05, 0) is 73.5 Å². The molecule has 0 spiro atoms. The summed E-state index contributed by atoms with van der Waals surface area (Å²) in [6, 6.07) is 45.5. The Hall–Kier alpha value is -4.30. The van der Waals surface area contributed by atoms with Crippen molar-refractivity contribution in [2.75, 3.05) is 4.90 Å². The number of para-hydroxylation sites is 1. The van der Waals surface area contributed by atoms with Gasteiger partial charge in [-0.1, -0.05) is 116 Å². The number of phenolic OH excluding ortho intramolecular Hbond substituents is 1. The molecular weight excluding hydrogens is 450 g/mol. The zero-order valence-electron chi connectivity index (χ0n) is 22.3. The fourth-order valence-electron chi connectivity index (χ4n) is 3.70. The largest absolute Gasteiger partial charge is 0.508 e. The minimum Gasteiger partial charge on any atom is -0.508 e. The molecule has 0 atom stereocenters. The number of phenols is 1. The van der Waals surface area contributed by atoms with Crippen molar-refractivity contribution in [1.82, 2.24) is 0 Å². The Kier molecular flexibility index (Phi) is 10.6. The lowest BCUT2D eigenvalue weighted by Crippen LogP contribution is -2.09. The molecule has 188 valence electrons. The minimum atomic E-state index is 0.329. The highest BCUT2D eigenvalue weighted by molar-refractivity contribution is 5.78. The zero-order valence-corrected chi connectivity index (χ0v) is 22.3. The van der Waals surface area contributed by atoms with Gasteiger partial charge in [0.05, 0.1) is 0 Å². The van der Waals surface area contributed by atoms with Crippen LogP contribution in [0.3, 0.4) is 0 Å². The maximum Gasteiger partial charge on any atom is 0.115 e. The molecule has 0 aromatic heterocycles. The quantitative estimate of drug-likeness (QED) is 0.272. The van der Waals surface area contributed by atoms with E-state index in [1.165, 1.54) is 28.7 Å². The highest BCUT2D eigenvalue weighted by Crippen LogP contribution is 2.35. The summed E-state index contributed by atoms with van der Waals surface area (Å²) in [4.78, 5) is 2.29. The summed E-state index contributed by atoms with van der Waals surface area (Å²) in [7, 11) is 0. The summed E-state index contributed by atoms with van der Waals surface area (Å²) in [5, 5.41) is 8.76. The first-order valence-corrected chi connectivity index (χ1v) is 12.8. The fraction of sp³-hybridized carbons (Fsp3) is 0.143. The third-order valence-electron chi connectivity index (χ3n) is 5.57. The molecule has 0 radical (unpaired) electrons. The van der Waals surface area contributed by atoms with E-state index < -0.39 is 0 Å². The van der Waals surface area contributed by atoms with E-state index in [2.05, 4.69) is 129 Å². The predicted molar refractivity (Wildman–Crippen MR) is 160 cm³/mol. The van der Waals surface area contributed by atoms with Crippen LogP contribution in [0.15, 0.2) is 133 Å². The van der Waals surface area contributed by atoms with Crippen molar-refractivity contribution in [3.05, 3.63) is 145 Å². The second-order valence-corrected chi connectivity index (χ2v) is 8.96. The van der Waals surface area contributed by atoms with E-state index in [9.17, 15) is 0 Å². The van der Waals surface area contributed by atoms with Crippen molar-refractivity contribution < 1.29 is 5.11 Å². The SMILES string of the molecule is CCC.Cc1ccc(N(c2ccccc2)c2ccc(-c3ccccc3)cc2)cc1.Cc1ccc(O)cc1. The summed E-state index contributed by atoms with van der Waals surface area (Å²) in [5.41, 5.74) is 8.37. The molecule has 37 heavy (non-hydrogen) atoms. The van der Waals surface area contributed by atoms with E-state index in [4.69, 9.17) is 5.11 Å². The molecule has 0 bridgehead atoms. The lowest BCUT2D eigenvalue weighted by molar-refractivity contribution is 0.475. The van der Waals surface area contributed by atoms with Crippen molar-refractivity contribution in [2.45, 2.75) is 34.1 Å². The number of hydrogen-bond donors (Lipinski definition) is 1. The molecule has 0 aliphatic carbocycles. The molecule has 0 saturated carbocycles. The third-order valence-corrected chi connectivity index (χ3v) is 5.57. The van der Waals surface area contributed by atoms with Gasteiger partial charge < -0.3 is 10.0 Å². The Morgan fingerprint density at radius 1 is 0.459 bits per heavy atom. The molecule has 0 aliphatic heterocycles. The van der Waals surface area contributed by atoms with Crippen LogP contribution in [-0.4, -0.2) is 5.11 Å². The summed E-state index contributed by atoms with van der Waals surface area (Å²) in [6.07, 6.45) is 1.25. The Bertz CT molecular complexity index is 1270. The number of aryl methyl sites for hydroxylation is 2. The summed E-state index contributed by atoms with van der Waals surface area (Å²) >= 11 is 0. The molecule has 0 unspecified atom stereocenters. The molecule has 0 heterocycles. The second kappa shape index (κ2) is 14.3. The van der Waals surface area contributed by atoms with Gasteiger partial charge in [-0.2, -0.15) is 0 Å². The Morgan fingerprint density at radius 3 is 1.27 bits per heavy atom. The van der Waals surface area contributed by atoms with Crippen LogP contribution < -0.4 is 4.90 Å². The molecule has 5 rings (SSSR count). The summed E-state index contributed by atoms with van der Waals surface area (Å²) in [6.45, 7) is 8.35. The first-order valence-electron chi connectivity index (χ1n) is 12.8. The lowest BCUT2D eigenvalue weighted by atomic mass is 10.0. The van der Waals surface area contributed by atoms with E-state index in [1.54, 1.807) is 12.1 Å². The Labute approximate surface area is 222 Å². The van der Waals surface area contributed by atoms with Gasteiger partial charge in [0.25, 0.3) is 0 Å². The lowest BCUT2D eigenvalue weighted by Gasteiger charge is -2.25. The van der Waals surface area contributed by atoms with Crippen molar-refractivity contribution in [3.8, 4) is 16.9 Å². The highest BCUT2D eigenvalue weighted by atomic mass is 16.3. The van der Waals surface area contributed by atoms with Crippen LogP contribution in [0.25, 0.3) is 11.1 Å². The average molecular weight is 488 g/mol.